The number of carbonyl (C=O) groups is 1. The number of benzene rings is 1. The van der Waals surface area contributed by atoms with Gasteiger partial charge >= 0.3 is 5.97 Å². The molecule has 0 aliphatic heterocycles. The van der Waals surface area contributed by atoms with Gasteiger partial charge in [-0.3, -0.25) is 14.4 Å². The molecule has 0 radical (unpaired) electrons. The molecule has 22 heavy (non-hydrogen) atoms. The molecule has 1 unspecified atom stereocenters. The molecule has 6 heteroatoms. The molecular weight excluding hydrogens is 280 g/mol. The third-order valence-corrected chi connectivity index (χ3v) is 3.42. The zero-order valence-corrected chi connectivity index (χ0v) is 12.9. The van der Waals surface area contributed by atoms with Gasteiger partial charge in [-0.1, -0.05) is 30.3 Å². The van der Waals surface area contributed by atoms with Crippen LogP contribution in [0, 0.1) is 11.3 Å². The van der Waals surface area contributed by atoms with Crippen LogP contribution in [0.15, 0.2) is 36.4 Å². The number of likely N-dealkylation sites (N-methyl/N-ethyl adjacent to an activating group) is 1. The van der Waals surface area contributed by atoms with Crippen molar-refractivity contribution >= 4 is 5.97 Å². The molecule has 0 fully saturated rings. The maximum Gasteiger partial charge on any atom is 0.319 e. The summed E-state index contributed by atoms with van der Waals surface area (Å²) in [5, 5.41) is 13.8. The molecule has 1 heterocycles. The van der Waals surface area contributed by atoms with Crippen LogP contribution in [0.5, 0.6) is 0 Å². The predicted molar refractivity (Wildman–Crippen MR) is 81.6 cm³/mol. The van der Waals surface area contributed by atoms with E-state index in [4.69, 9.17) is 0 Å². The fourth-order valence-electron chi connectivity index (χ4n) is 2.25. The fraction of sp³-hybridized carbons (Fsp3) is 0.312. The summed E-state index contributed by atoms with van der Waals surface area (Å²) in [5.74, 6) is -0.387. The molecule has 1 aromatic carbocycles. The third kappa shape index (κ3) is 3.32. The molecule has 1 aromatic heterocycles. The Hall–Kier alpha value is -2.65. The lowest BCUT2D eigenvalue weighted by Crippen LogP contribution is -2.30. The highest BCUT2D eigenvalue weighted by atomic mass is 16.5. The number of methoxy groups -OCH3 is 1. The SMILES string of the molecule is COC(=O)CN(C)C(C#N)c1cc(-c2ccccc2)n(C)n1. The first-order valence-electron chi connectivity index (χ1n) is 6.83. The van der Waals surface area contributed by atoms with Crippen molar-refractivity contribution < 1.29 is 9.53 Å². The van der Waals surface area contributed by atoms with Crippen molar-refractivity contribution in [1.82, 2.24) is 14.7 Å². The molecule has 0 N–H and O–H groups in total. The van der Waals surface area contributed by atoms with Gasteiger partial charge in [-0.25, -0.2) is 0 Å². The van der Waals surface area contributed by atoms with Gasteiger partial charge in [0.1, 0.15) is 6.04 Å². The molecule has 0 spiro atoms. The Labute approximate surface area is 129 Å². The number of carbonyl (C=O) groups excluding carboxylic acids is 1. The Morgan fingerprint density at radius 1 is 1.45 bits per heavy atom. The van der Waals surface area contributed by atoms with Crippen molar-refractivity contribution in [3.63, 3.8) is 0 Å². The first kappa shape index (κ1) is 15.7. The fourth-order valence-corrected chi connectivity index (χ4v) is 2.25. The van der Waals surface area contributed by atoms with Gasteiger partial charge in [0, 0.05) is 7.05 Å². The number of hydrogen-bond acceptors (Lipinski definition) is 5. The topological polar surface area (TPSA) is 71.2 Å². The number of nitrogens with zero attached hydrogens (tertiary/aromatic N) is 4. The van der Waals surface area contributed by atoms with Crippen LogP contribution in [-0.4, -0.2) is 41.4 Å². The second-order valence-electron chi connectivity index (χ2n) is 4.97. The van der Waals surface area contributed by atoms with Gasteiger partial charge < -0.3 is 4.74 Å². The summed E-state index contributed by atoms with van der Waals surface area (Å²) in [5.41, 5.74) is 2.55. The van der Waals surface area contributed by atoms with Gasteiger partial charge in [-0.2, -0.15) is 10.4 Å². The third-order valence-electron chi connectivity index (χ3n) is 3.42. The van der Waals surface area contributed by atoms with Crippen LogP contribution >= 0.6 is 0 Å². The van der Waals surface area contributed by atoms with E-state index in [0.29, 0.717) is 5.69 Å². The first-order chi connectivity index (χ1) is 10.6. The van der Waals surface area contributed by atoms with Gasteiger partial charge in [0.2, 0.25) is 0 Å². The lowest BCUT2D eigenvalue weighted by molar-refractivity contribution is -0.141. The number of ether oxygens (including phenoxy) is 1. The Kier molecular flexibility index (Phi) is 4.92. The number of rotatable bonds is 5. The average molecular weight is 298 g/mol. The highest BCUT2D eigenvalue weighted by molar-refractivity contribution is 5.71. The monoisotopic (exact) mass is 298 g/mol. The lowest BCUT2D eigenvalue weighted by atomic mass is 10.1. The van der Waals surface area contributed by atoms with Crippen molar-refractivity contribution in [2.45, 2.75) is 6.04 Å². The van der Waals surface area contributed by atoms with E-state index in [-0.39, 0.29) is 12.5 Å². The van der Waals surface area contributed by atoms with E-state index in [2.05, 4.69) is 15.9 Å². The maximum atomic E-state index is 11.4. The van der Waals surface area contributed by atoms with Crippen LogP contribution in [0.25, 0.3) is 11.3 Å². The summed E-state index contributed by atoms with van der Waals surface area (Å²) in [7, 11) is 4.86. The Morgan fingerprint density at radius 2 is 2.14 bits per heavy atom. The molecule has 2 aromatic rings. The second-order valence-corrected chi connectivity index (χ2v) is 4.97. The zero-order chi connectivity index (χ0) is 16.1. The number of hydrogen-bond donors (Lipinski definition) is 0. The molecule has 0 amide bonds. The molecular formula is C16H18N4O2. The normalized spacial score (nSPS) is 12.0. The van der Waals surface area contributed by atoms with Crippen molar-refractivity contribution in [2.75, 3.05) is 20.7 Å². The van der Waals surface area contributed by atoms with E-state index < -0.39 is 6.04 Å². The second kappa shape index (κ2) is 6.87. The first-order valence-corrected chi connectivity index (χ1v) is 6.83. The highest BCUT2D eigenvalue weighted by Crippen LogP contribution is 2.24. The van der Waals surface area contributed by atoms with E-state index in [1.807, 2.05) is 43.4 Å². The molecule has 0 aliphatic carbocycles. The molecule has 0 saturated heterocycles. The van der Waals surface area contributed by atoms with E-state index in [1.54, 1.807) is 16.6 Å². The summed E-state index contributed by atoms with van der Waals surface area (Å²) in [4.78, 5) is 13.0. The van der Waals surface area contributed by atoms with Crippen LogP contribution in [0.3, 0.4) is 0 Å². The van der Waals surface area contributed by atoms with Crippen LogP contribution in [0.2, 0.25) is 0 Å². The van der Waals surface area contributed by atoms with Crippen molar-refractivity contribution in [1.29, 1.82) is 5.26 Å². The summed E-state index contributed by atoms with van der Waals surface area (Å²) in [6, 6.07) is 13.3. The maximum absolute atomic E-state index is 11.4. The van der Waals surface area contributed by atoms with Crippen LogP contribution in [0.1, 0.15) is 11.7 Å². The van der Waals surface area contributed by atoms with Crippen molar-refractivity contribution in [3.05, 3.63) is 42.1 Å². The number of aromatic nitrogens is 2. The number of esters is 1. The highest BCUT2D eigenvalue weighted by Gasteiger charge is 2.23. The average Bonchev–Trinajstić information content (AvgIpc) is 2.90. The van der Waals surface area contributed by atoms with Gasteiger partial charge in [0.05, 0.1) is 31.1 Å². The lowest BCUT2D eigenvalue weighted by Gasteiger charge is -2.19. The van der Waals surface area contributed by atoms with E-state index in [0.717, 1.165) is 11.3 Å². The minimum Gasteiger partial charge on any atom is -0.468 e. The van der Waals surface area contributed by atoms with Crippen LogP contribution < -0.4 is 0 Å². The summed E-state index contributed by atoms with van der Waals surface area (Å²) < 4.78 is 6.37. The van der Waals surface area contributed by atoms with E-state index >= 15 is 0 Å². The minimum absolute atomic E-state index is 0.0337. The van der Waals surface area contributed by atoms with Gasteiger partial charge in [-0.15, -0.1) is 0 Å². The molecule has 114 valence electrons. The minimum atomic E-state index is -0.609. The summed E-state index contributed by atoms with van der Waals surface area (Å²) >= 11 is 0. The van der Waals surface area contributed by atoms with Crippen LogP contribution in [0.4, 0.5) is 0 Å². The molecule has 6 nitrogen and oxygen atoms in total. The Balaban J connectivity index is 2.28. The number of nitriles is 1. The van der Waals surface area contributed by atoms with Crippen molar-refractivity contribution in [2.24, 2.45) is 7.05 Å². The molecule has 0 aliphatic rings. The quantitative estimate of drug-likeness (QED) is 0.787. The smallest absolute Gasteiger partial charge is 0.319 e. The molecule has 1 atom stereocenters. The zero-order valence-electron chi connectivity index (χ0n) is 12.9. The molecule has 0 saturated carbocycles. The summed E-state index contributed by atoms with van der Waals surface area (Å²) in [6.07, 6.45) is 0. The molecule has 0 bridgehead atoms. The Bertz CT molecular complexity index is 688. The standard InChI is InChI=1S/C16H18N4O2/c1-19(11-16(21)22-3)15(10-17)13-9-14(20(2)18-13)12-7-5-4-6-8-12/h4-9,15H,11H2,1-3H3. The van der Waals surface area contributed by atoms with Gasteiger partial charge in [0.15, 0.2) is 0 Å². The van der Waals surface area contributed by atoms with Gasteiger partial charge in [0.25, 0.3) is 0 Å². The van der Waals surface area contributed by atoms with E-state index in [9.17, 15) is 10.1 Å². The van der Waals surface area contributed by atoms with E-state index in [1.165, 1.54) is 7.11 Å². The summed E-state index contributed by atoms with van der Waals surface area (Å²) in [6.45, 7) is 0.0337. The largest absolute Gasteiger partial charge is 0.468 e. The van der Waals surface area contributed by atoms with Crippen LogP contribution in [-0.2, 0) is 16.6 Å². The van der Waals surface area contributed by atoms with Crippen molar-refractivity contribution in [3.8, 4) is 17.3 Å². The predicted octanol–water partition coefficient (Wildman–Crippen LogP) is 1.76. The number of aryl methyl sites for hydroxylation is 1. The van der Waals surface area contributed by atoms with Gasteiger partial charge in [-0.05, 0) is 18.7 Å². The molecule has 2 rings (SSSR count). The Morgan fingerprint density at radius 3 is 2.73 bits per heavy atom.